The maximum absolute atomic E-state index is 13.1. The lowest BCUT2D eigenvalue weighted by Gasteiger charge is -2.63. The Labute approximate surface area is 217 Å². The van der Waals surface area contributed by atoms with Gasteiger partial charge in [0, 0.05) is 55.0 Å². The maximum Gasteiger partial charge on any atom is 0.254 e. The van der Waals surface area contributed by atoms with Crippen LogP contribution in [0.15, 0.2) is 30.6 Å². The molecule has 1 aromatic carbocycles. The number of nitrogens with zero attached hydrogens (tertiary/aromatic N) is 4. The number of aromatic nitrogens is 2. The van der Waals surface area contributed by atoms with Gasteiger partial charge in [-0.2, -0.15) is 5.26 Å². The Morgan fingerprint density at radius 3 is 2.42 bits per heavy atom. The number of amides is 1. The van der Waals surface area contributed by atoms with Crippen molar-refractivity contribution in [1.82, 2.24) is 15.3 Å². The van der Waals surface area contributed by atoms with Gasteiger partial charge < -0.3 is 20.1 Å². The van der Waals surface area contributed by atoms with Crippen LogP contribution >= 0.6 is 11.6 Å². The van der Waals surface area contributed by atoms with E-state index in [1.807, 2.05) is 0 Å². The summed E-state index contributed by atoms with van der Waals surface area (Å²) < 4.78 is 6.30. The number of hydrogen-bond donors (Lipinski definition) is 2. The molecule has 8 nitrogen and oxygen atoms in total. The summed E-state index contributed by atoms with van der Waals surface area (Å²) >= 11 is 6.18. The Morgan fingerprint density at radius 1 is 1.22 bits per heavy atom. The molecule has 1 saturated carbocycles. The molecule has 0 unspecified atom stereocenters. The minimum absolute atomic E-state index is 0.137. The van der Waals surface area contributed by atoms with Crippen LogP contribution in [-0.4, -0.2) is 52.8 Å². The minimum atomic E-state index is -0.348. The Balaban J connectivity index is 1.38. The van der Waals surface area contributed by atoms with Gasteiger partial charge in [-0.15, -0.1) is 0 Å². The van der Waals surface area contributed by atoms with Gasteiger partial charge in [-0.3, -0.25) is 4.79 Å². The largest absolute Gasteiger partial charge is 0.489 e. The van der Waals surface area contributed by atoms with E-state index in [9.17, 15) is 4.79 Å². The second-order valence-electron chi connectivity index (χ2n) is 11.0. The SMILES string of the molecule is CC1(C)C(NC(=O)c2cnc(N3CCC(CCO)CC3)nc2)C(C)(C)C1Oc1ccc(C#N)c(Cl)c1. The third kappa shape index (κ3) is 5.00. The van der Waals surface area contributed by atoms with Crippen molar-refractivity contribution < 1.29 is 14.6 Å². The number of hydrogen-bond acceptors (Lipinski definition) is 7. The fourth-order valence-electron chi connectivity index (χ4n) is 6.02. The van der Waals surface area contributed by atoms with Gasteiger partial charge >= 0.3 is 0 Å². The van der Waals surface area contributed by atoms with Crippen molar-refractivity contribution >= 4 is 23.5 Å². The first-order valence-corrected chi connectivity index (χ1v) is 12.8. The maximum atomic E-state index is 13.1. The zero-order chi connectivity index (χ0) is 26.1. The number of nitriles is 1. The molecule has 2 fully saturated rings. The van der Waals surface area contributed by atoms with Crippen molar-refractivity contribution in [3.63, 3.8) is 0 Å². The number of piperidine rings is 1. The van der Waals surface area contributed by atoms with E-state index in [-0.39, 0.29) is 35.5 Å². The van der Waals surface area contributed by atoms with Gasteiger partial charge in [0.25, 0.3) is 5.91 Å². The highest BCUT2D eigenvalue weighted by Crippen LogP contribution is 2.55. The number of anilines is 1. The Morgan fingerprint density at radius 2 is 1.86 bits per heavy atom. The minimum Gasteiger partial charge on any atom is -0.489 e. The molecule has 9 heteroatoms. The molecule has 1 aliphatic heterocycles. The number of nitrogens with one attached hydrogen (secondary N) is 1. The van der Waals surface area contributed by atoms with Crippen LogP contribution in [-0.2, 0) is 0 Å². The Kier molecular flexibility index (Phi) is 7.44. The molecular weight excluding hydrogens is 478 g/mol. The zero-order valence-electron chi connectivity index (χ0n) is 21.3. The number of halogens is 1. The zero-order valence-corrected chi connectivity index (χ0v) is 22.0. The van der Waals surface area contributed by atoms with Crippen molar-refractivity contribution in [3.05, 3.63) is 46.7 Å². The van der Waals surface area contributed by atoms with Gasteiger partial charge in [0.15, 0.2) is 0 Å². The van der Waals surface area contributed by atoms with E-state index in [0.717, 1.165) is 32.4 Å². The smallest absolute Gasteiger partial charge is 0.254 e. The average molecular weight is 512 g/mol. The molecule has 4 rings (SSSR count). The monoisotopic (exact) mass is 511 g/mol. The highest BCUT2D eigenvalue weighted by atomic mass is 35.5. The number of aliphatic hydroxyl groups excluding tert-OH is 1. The summed E-state index contributed by atoms with van der Waals surface area (Å²) in [4.78, 5) is 24.1. The summed E-state index contributed by atoms with van der Waals surface area (Å²) in [5.74, 6) is 1.56. The van der Waals surface area contributed by atoms with E-state index in [1.165, 1.54) is 0 Å². The number of ether oxygens (including phenoxy) is 1. The van der Waals surface area contributed by atoms with Crippen LogP contribution in [0.1, 0.15) is 62.9 Å². The average Bonchev–Trinajstić information content (AvgIpc) is 2.86. The summed E-state index contributed by atoms with van der Waals surface area (Å²) in [6.07, 6.45) is 5.86. The molecule has 2 N–H and O–H groups in total. The lowest BCUT2D eigenvalue weighted by Crippen LogP contribution is -2.74. The quantitative estimate of drug-likeness (QED) is 0.572. The Bertz CT molecular complexity index is 1120. The lowest BCUT2D eigenvalue weighted by molar-refractivity contribution is -0.164. The number of carbonyl (C=O) groups excluding carboxylic acids is 1. The van der Waals surface area contributed by atoms with E-state index in [4.69, 9.17) is 26.7 Å². The standard InChI is InChI=1S/C27H34ClN5O3/c1-26(2)23(27(3,4)24(26)36-20-6-5-18(14-29)21(28)13-20)32-22(35)19-15-30-25(31-16-19)33-10-7-17(8-11-33)9-12-34/h5-6,13,15-17,23-24,34H,7-12H2,1-4H3,(H,32,35). The summed E-state index contributed by atoms with van der Waals surface area (Å²) in [6, 6.07) is 6.97. The fraction of sp³-hybridized carbons (Fsp3) is 0.556. The number of carbonyl (C=O) groups is 1. The summed E-state index contributed by atoms with van der Waals surface area (Å²) in [7, 11) is 0. The van der Waals surface area contributed by atoms with Crippen LogP contribution in [0.2, 0.25) is 5.02 Å². The third-order valence-electron chi connectivity index (χ3n) is 7.77. The third-order valence-corrected chi connectivity index (χ3v) is 8.08. The Hall–Kier alpha value is -2.89. The number of aliphatic hydroxyl groups is 1. The molecule has 1 aromatic heterocycles. The molecule has 1 saturated heterocycles. The molecule has 2 heterocycles. The first-order valence-electron chi connectivity index (χ1n) is 12.4. The fourth-order valence-corrected chi connectivity index (χ4v) is 6.23. The molecule has 0 atom stereocenters. The van der Waals surface area contributed by atoms with Crippen LogP contribution in [0.5, 0.6) is 5.75 Å². The molecular formula is C27H34ClN5O3. The van der Waals surface area contributed by atoms with Gasteiger partial charge in [-0.1, -0.05) is 39.3 Å². The van der Waals surface area contributed by atoms with Crippen molar-refractivity contribution in [1.29, 1.82) is 5.26 Å². The molecule has 2 aliphatic rings. The van der Waals surface area contributed by atoms with Crippen molar-refractivity contribution in [2.75, 3.05) is 24.6 Å². The second kappa shape index (κ2) is 10.2. The second-order valence-corrected chi connectivity index (χ2v) is 11.4. The van der Waals surface area contributed by atoms with E-state index < -0.39 is 0 Å². The van der Waals surface area contributed by atoms with Gasteiger partial charge in [0.1, 0.15) is 17.9 Å². The molecule has 192 valence electrons. The number of rotatable bonds is 7. The van der Waals surface area contributed by atoms with Crippen molar-refractivity contribution in [3.8, 4) is 11.8 Å². The van der Waals surface area contributed by atoms with Gasteiger partial charge in [-0.05, 0) is 37.3 Å². The van der Waals surface area contributed by atoms with Crippen LogP contribution in [0.25, 0.3) is 0 Å². The molecule has 1 aliphatic carbocycles. The van der Waals surface area contributed by atoms with Crippen molar-refractivity contribution in [2.45, 2.75) is 59.1 Å². The predicted molar refractivity (Wildman–Crippen MR) is 138 cm³/mol. The molecule has 1 amide bonds. The molecule has 0 bridgehead atoms. The van der Waals surface area contributed by atoms with E-state index in [0.29, 0.717) is 33.8 Å². The van der Waals surface area contributed by atoms with Crippen LogP contribution in [0.3, 0.4) is 0 Å². The lowest BCUT2D eigenvalue weighted by atomic mass is 9.49. The summed E-state index contributed by atoms with van der Waals surface area (Å²) in [5.41, 5.74) is 0.128. The van der Waals surface area contributed by atoms with Gasteiger partial charge in [0.05, 0.1) is 16.1 Å². The van der Waals surface area contributed by atoms with Gasteiger partial charge in [-0.25, -0.2) is 9.97 Å². The first kappa shape index (κ1) is 26.2. The van der Waals surface area contributed by atoms with Crippen LogP contribution in [0.4, 0.5) is 5.95 Å². The van der Waals surface area contributed by atoms with E-state index >= 15 is 0 Å². The molecule has 36 heavy (non-hydrogen) atoms. The van der Waals surface area contributed by atoms with Crippen LogP contribution < -0.4 is 15.0 Å². The molecule has 0 spiro atoms. The molecule has 0 radical (unpaired) electrons. The summed E-state index contributed by atoms with van der Waals surface area (Å²) in [5, 5.41) is 21.8. The predicted octanol–water partition coefficient (Wildman–Crippen LogP) is 4.21. The van der Waals surface area contributed by atoms with Crippen LogP contribution in [0, 0.1) is 28.1 Å². The highest BCUT2D eigenvalue weighted by molar-refractivity contribution is 6.31. The number of benzene rings is 1. The van der Waals surface area contributed by atoms with E-state index in [1.54, 1.807) is 30.6 Å². The highest BCUT2D eigenvalue weighted by Gasteiger charge is 2.64. The van der Waals surface area contributed by atoms with E-state index in [2.05, 4.69) is 53.9 Å². The van der Waals surface area contributed by atoms with Gasteiger partial charge in [0.2, 0.25) is 5.95 Å². The first-order chi connectivity index (χ1) is 17.1. The molecule has 2 aromatic rings. The normalized spacial score (nSPS) is 22.9. The topological polar surface area (TPSA) is 111 Å². The van der Waals surface area contributed by atoms with Crippen molar-refractivity contribution in [2.24, 2.45) is 16.7 Å². The summed E-state index contributed by atoms with van der Waals surface area (Å²) in [6.45, 7) is 10.2.